The molecule has 8 heteroatoms. The summed E-state index contributed by atoms with van der Waals surface area (Å²) in [7, 11) is 0. The minimum atomic E-state index is -0.627. The zero-order valence-corrected chi connectivity index (χ0v) is 23.9. The molecule has 0 fully saturated rings. The lowest BCUT2D eigenvalue weighted by molar-refractivity contribution is -0.153. The molecule has 0 spiro atoms. The molecule has 4 rings (SSSR count). The Labute approximate surface area is 233 Å². The standard InChI is InChI=1S/C32H34N2O6/c1-19(35)38-23-12-9-21(10-13-23)29-26-16-20(17-28(36)39-31(2,3)4)8-14-24(26)25-15-11-22(18-27(25)34-29)33-30(37)40-32(5,6)7/h8-16,18H,17H2,1-7H3,(H,33,37). The molecule has 0 aliphatic carbocycles. The first kappa shape index (κ1) is 28.5. The Bertz CT molecular complexity index is 1590. The fourth-order valence-corrected chi connectivity index (χ4v) is 4.28. The van der Waals surface area contributed by atoms with Gasteiger partial charge in [-0.05, 0) is 95.0 Å². The summed E-state index contributed by atoms with van der Waals surface area (Å²) >= 11 is 0. The van der Waals surface area contributed by atoms with Crippen molar-refractivity contribution in [3.8, 4) is 17.0 Å². The van der Waals surface area contributed by atoms with Crippen molar-refractivity contribution >= 4 is 45.4 Å². The van der Waals surface area contributed by atoms with Gasteiger partial charge in [0.25, 0.3) is 0 Å². The van der Waals surface area contributed by atoms with Gasteiger partial charge >= 0.3 is 18.0 Å². The van der Waals surface area contributed by atoms with E-state index in [9.17, 15) is 14.4 Å². The van der Waals surface area contributed by atoms with Crippen LogP contribution in [-0.4, -0.2) is 34.2 Å². The van der Waals surface area contributed by atoms with Crippen LogP contribution in [0.25, 0.3) is 32.9 Å². The predicted molar refractivity (Wildman–Crippen MR) is 155 cm³/mol. The molecule has 0 aliphatic rings. The first-order chi connectivity index (χ1) is 18.7. The largest absolute Gasteiger partial charge is 0.460 e. The molecular formula is C32H34N2O6. The summed E-state index contributed by atoms with van der Waals surface area (Å²) in [5.74, 6) is -0.291. The highest BCUT2D eigenvalue weighted by molar-refractivity contribution is 6.12. The quantitative estimate of drug-likeness (QED) is 0.161. The highest BCUT2D eigenvalue weighted by Gasteiger charge is 2.19. The smallest absolute Gasteiger partial charge is 0.412 e. The lowest BCUT2D eigenvalue weighted by atomic mass is 9.97. The number of hydrogen-bond acceptors (Lipinski definition) is 7. The van der Waals surface area contributed by atoms with Crippen LogP contribution in [0.15, 0.2) is 60.7 Å². The zero-order chi connectivity index (χ0) is 29.2. The van der Waals surface area contributed by atoms with Crippen LogP contribution in [0.3, 0.4) is 0 Å². The first-order valence-electron chi connectivity index (χ1n) is 13.0. The molecular weight excluding hydrogens is 508 g/mol. The molecule has 0 unspecified atom stereocenters. The van der Waals surface area contributed by atoms with Crippen LogP contribution < -0.4 is 10.1 Å². The number of fused-ring (bicyclic) bond motifs is 3. The van der Waals surface area contributed by atoms with Crippen LogP contribution in [0.2, 0.25) is 0 Å². The molecule has 208 valence electrons. The molecule has 40 heavy (non-hydrogen) atoms. The van der Waals surface area contributed by atoms with Gasteiger partial charge in [-0.3, -0.25) is 14.9 Å². The maximum absolute atomic E-state index is 12.5. The van der Waals surface area contributed by atoms with Crippen LogP contribution in [0.1, 0.15) is 54.0 Å². The number of nitrogens with zero attached hydrogens (tertiary/aromatic N) is 1. The molecule has 4 aromatic rings. The summed E-state index contributed by atoms with van der Waals surface area (Å²) in [5, 5.41) is 5.44. The Kier molecular flexibility index (Phi) is 7.82. The number of nitrogens with one attached hydrogen (secondary N) is 1. The maximum atomic E-state index is 12.5. The van der Waals surface area contributed by atoms with E-state index in [0.717, 1.165) is 27.3 Å². The van der Waals surface area contributed by atoms with Gasteiger partial charge in [-0.2, -0.15) is 0 Å². The summed E-state index contributed by atoms with van der Waals surface area (Å²) < 4.78 is 16.1. The Morgan fingerprint density at radius 2 is 1.43 bits per heavy atom. The van der Waals surface area contributed by atoms with E-state index in [-0.39, 0.29) is 12.4 Å². The SMILES string of the molecule is CC(=O)Oc1ccc(-c2nc3cc(NC(=O)OC(C)(C)C)ccc3c3ccc(CC(=O)OC(C)(C)C)cc23)cc1. The molecule has 1 heterocycles. The van der Waals surface area contributed by atoms with E-state index in [1.807, 2.05) is 57.2 Å². The van der Waals surface area contributed by atoms with Crippen LogP contribution in [0.4, 0.5) is 10.5 Å². The monoisotopic (exact) mass is 542 g/mol. The van der Waals surface area contributed by atoms with Crippen LogP contribution in [0, 0.1) is 0 Å². The number of carbonyl (C=O) groups is 3. The van der Waals surface area contributed by atoms with Gasteiger partial charge in [0, 0.05) is 28.9 Å². The second-order valence-electron chi connectivity index (χ2n) is 11.6. The molecule has 0 bridgehead atoms. The number of amides is 1. The average Bonchev–Trinajstić information content (AvgIpc) is 2.81. The highest BCUT2D eigenvalue weighted by atomic mass is 16.6. The van der Waals surface area contributed by atoms with Crippen molar-refractivity contribution in [1.82, 2.24) is 4.98 Å². The van der Waals surface area contributed by atoms with Gasteiger partial charge < -0.3 is 14.2 Å². The number of aromatic nitrogens is 1. The average molecular weight is 543 g/mol. The Balaban J connectivity index is 1.81. The van der Waals surface area contributed by atoms with E-state index < -0.39 is 23.3 Å². The predicted octanol–water partition coefficient (Wildman–Crippen LogP) is 7.21. The van der Waals surface area contributed by atoms with Gasteiger partial charge in [0.2, 0.25) is 0 Å². The fraction of sp³-hybridized carbons (Fsp3) is 0.312. The van der Waals surface area contributed by atoms with Crippen molar-refractivity contribution < 1.29 is 28.6 Å². The Morgan fingerprint density at radius 3 is 2.05 bits per heavy atom. The molecule has 1 amide bonds. The number of benzene rings is 3. The van der Waals surface area contributed by atoms with Crippen molar-refractivity contribution in [1.29, 1.82) is 0 Å². The third-order valence-corrected chi connectivity index (χ3v) is 5.66. The summed E-state index contributed by atoms with van der Waals surface area (Å²) in [6, 6.07) is 18.4. The van der Waals surface area contributed by atoms with E-state index in [2.05, 4.69) is 5.32 Å². The number of pyridine rings is 1. The van der Waals surface area contributed by atoms with Gasteiger partial charge in [-0.15, -0.1) is 0 Å². The Morgan fingerprint density at radius 1 is 0.775 bits per heavy atom. The summed E-state index contributed by atoms with van der Waals surface area (Å²) in [4.78, 5) is 41.2. The van der Waals surface area contributed by atoms with Crippen molar-refractivity contribution in [3.63, 3.8) is 0 Å². The first-order valence-corrected chi connectivity index (χ1v) is 13.0. The summed E-state index contributed by atoms with van der Waals surface area (Å²) in [6.45, 7) is 12.3. The van der Waals surface area contributed by atoms with Crippen molar-refractivity contribution in [2.24, 2.45) is 0 Å². The van der Waals surface area contributed by atoms with E-state index in [1.54, 1.807) is 45.0 Å². The summed E-state index contributed by atoms with van der Waals surface area (Å²) in [6.07, 6.45) is -0.435. The number of rotatable bonds is 5. The van der Waals surface area contributed by atoms with E-state index in [0.29, 0.717) is 22.6 Å². The molecule has 0 atom stereocenters. The molecule has 3 aromatic carbocycles. The molecule has 8 nitrogen and oxygen atoms in total. The van der Waals surface area contributed by atoms with Gasteiger partial charge in [0.15, 0.2) is 0 Å². The van der Waals surface area contributed by atoms with E-state index >= 15 is 0 Å². The second kappa shape index (κ2) is 11.0. The van der Waals surface area contributed by atoms with Crippen LogP contribution >= 0.6 is 0 Å². The lowest BCUT2D eigenvalue weighted by Gasteiger charge is -2.20. The van der Waals surface area contributed by atoms with Gasteiger partial charge in [-0.25, -0.2) is 9.78 Å². The molecule has 0 saturated carbocycles. The second-order valence-corrected chi connectivity index (χ2v) is 11.6. The Hall–Kier alpha value is -4.46. The number of carbonyl (C=O) groups excluding carboxylic acids is 3. The third-order valence-electron chi connectivity index (χ3n) is 5.66. The van der Waals surface area contributed by atoms with Gasteiger partial charge in [0.05, 0.1) is 17.6 Å². The number of hydrogen-bond donors (Lipinski definition) is 1. The number of ether oxygens (including phenoxy) is 3. The minimum Gasteiger partial charge on any atom is -0.460 e. The van der Waals surface area contributed by atoms with Crippen LogP contribution in [0.5, 0.6) is 5.75 Å². The normalized spacial score (nSPS) is 11.8. The molecule has 1 aromatic heterocycles. The maximum Gasteiger partial charge on any atom is 0.412 e. The summed E-state index contributed by atoms with van der Waals surface area (Å²) in [5.41, 5.74) is 2.28. The third kappa shape index (κ3) is 7.34. The molecule has 0 aliphatic heterocycles. The number of esters is 2. The van der Waals surface area contributed by atoms with Crippen LogP contribution in [-0.2, 0) is 25.5 Å². The minimum absolute atomic E-state index is 0.120. The lowest BCUT2D eigenvalue weighted by Crippen LogP contribution is -2.27. The highest BCUT2D eigenvalue weighted by Crippen LogP contribution is 2.35. The van der Waals surface area contributed by atoms with E-state index in [4.69, 9.17) is 19.2 Å². The van der Waals surface area contributed by atoms with E-state index in [1.165, 1.54) is 6.92 Å². The van der Waals surface area contributed by atoms with Gasteiger partial charge in [0.1, 0.15) is 17.0 Å². The molecule has 1 N–H and O–H groups in total. The van der Waals surface area contributed by atoms with Crippen molar-refractivity contribution in [2.75, 3.05) is 5.32 Å². The molecule has 0 saturated heterocycles. The zero-order valence-electron chi connectivity index (χ0n) is 23.9. The van der Waals surface area contributed by atoms with Crippen molar-refractivity contribution in [3.05, 3.63) is 66.2 Å². The molecule has 0 radical (unpaired) electrons. The fourth-order valence-electron chi connectivity index (χ4n) is 4.28. The van der Waals surface area contributed by atoms with Gasteiger partial charge in [-0.1, -0.05) is 18.2 Å². The number of anilines is 1. The topological polar surface area (TPSA) is 104 Å². The van der Waals surface area contributed by atoms with Crippen molar-refractivity contribution in [2.45, 2.75) is 66.1 Å².